The van der Waals surface area contributed by atoms with Crippen molar-refractivity contribution in [1.82, 2.24) is 4.57 Å². The molecule has 1 aromatic heterocycles. The lowest BCUT2D eigenvalue weighted by Crippen LogP contribution is -2.15. The summed E-state index contributed by atoms with van der Waals surface area (Å²) in [4.78, 5) is 12.5. The number of carbonyl (C=O) groups excluding carboxylic acids is 1. The van der Waals surface area contributed by atoms with Crippen LogP contribution in [-0.2, 0) is 0 Å². The molecule has 22 heavy (non-hydrogen) atoms. The predicted molar refractivity (Wildman–Crippen MR) is 93.3 cm³/mol. The predicted octanol–water partition coefficient (Wildman–Crippen LogP) is 4.94. The van der Waals surface area contributed by atoms with Gasteiger partial charge in [0.15, 0.2) is 5.78 Å². The molecule has 0 saturated heterocycles. The number of benzene rings is 1. The number of carbonyl (C=O) groups is 1. The lowest BCUT2D eigenvalue weighted by molar-refractivity contribution is 0.101. The van der Waals surface area contributed by atoms with Crippen LogP contribution in [0.1, 0.15) is 47.2 Å². The zero-order chi connectivity index (χ0) is 16.4. The van der Waals surface area contributed by atoms with Crippen LogP contribution in [0.2, 0.25) is 5.02 Å². The number of rotatable bonds is 5. The number of hydrogen-bond acceptors (Lipinski definition) is 2. The van der Waals surface area contributed by atoms with Gasteiger partial charge >= 0.3 is 0 Å². The molecule has 0 aliphatic carbocycles. The second-order valence-corrected chi connectivity index (χ2v) is 6.40. The second-order valence-electron chi connectivity index (χ2n) is 5.99. The molecule has 1 aromatic carbocycles. The number of nitrogens with one attached hydrogen (secondary N) is 1. The maximum Gasteiger partial charge on any atom is 0.183 e. The number of nitrogens with zero attached hydrogens (tertiary/aromatic N) is 1. The molecule has 118 valence electrons. The number of ketones is 1. The van der Waals surface area contributed by atoms with Crippen molar-refractivity contribution in [3.63, 3.8) is 0 Å². The molecule has 0 amide bonds. The SMILES string of the molecule is Cc1ccc(NCC(=O)c2cc(C)n(C(C)C)c2C)cc1Cl. The molecule has 4 heteroatoms. The highest BCUT2D eigenvalue weighted by Crippen LogP contribution is 2.22. The first-order valence-electron chi connectivity index (χ1n) is 7.53. The lowest BCUT2D eigenvalue weighted by atomic mass is 10.1. The van der Waals surface area contributed by atoms with Gasteiger partial charge in [0.05, 0.1) is 6.54 Å². The second kappa shape index (κ2) is 6.57. The number of Topliss-reactive ketones (excluding diaryl/α,β-unsaturated/α-hetero) is 1. The summed E-state index contributed by atoms with van der Waals surface area (Å²) in [5.74, 6) is 0.0942. The summed E-state index contributed by atoms with van der Waals surface area (Å²) in [5, 5.41) is 3.86. The molecular formula is C18H23ClN2O. The van der Waals surface area contributed by atoms with Crippen LogP contribution in [0.3, 0.4) is 0 Å². The van der Waals surface area contributed by atoms with E-state index in [0.29, 0.717) is 11.1 Å². The standard InChI is InChI=1S/C18H23ClN2O/c1-11(2)21-13(4)8-16(14(21)5)18(22)10-20-15-7-6-12(3)17(19)9-15/h6-9,11,20H,10H2,1-5H3. The van der Waals surface area contributed by atoms with Crippen LogP contribution in [-0.4, -0.2) is 16.9 Å². The van der Waals surface area contributed by atoms with Crippen molar-refractivity contribution in [2.75, 3.05) is 11.9 Å². The van der Waals surface area contributed by atoms with Crippen molar-refractivity contribution >= 4 is 23.1 Å². The average molecular weight is 319 g/mol. The van der Waals surface area contributed by atoms with E-state index >= 15 is 0 Å². The van der Waals surface area contributed by atoms with E-state index in [1.807, 2.05) is 45.0 Å². The fourth-order valence-electron chi connectivity index (χ4n) is 2.83. The molecule has 0 unspecified atom stereocenters. The highest BCUT2D eigenvalue weighted by atomic mass is 35.5. The van der Waals surface area contributed by atoms with Crippen LogP contribution in [0, 0.1) is 20.8 Å². The molecule has 2 aromatic rings. The molecule has 0 aliphatic rings. The van der Waals surface area contributed by atoms with Crippen molar-refractivity contribution in [3.8, 4) is 0 Å². The number of hydrogen-bond donors (Lipinski definition) is 1. The van der Waals surface area contributed by atoms with Crippen molar-refractivity contribution in [2.24, 2.45) is 0 Å². The van der Waals surface area contributed by atoms with E-state index in [1.54, 1.807) is 0 Å². The Bertz CT molecular complexity index is 701. The molecular weight excluding hydrogens is 296 g/mol. The highest BCUT2D eigenvalue weighted by molar-refractivity contribution is 6.31. The van der Waals surface area contributed by atoms with E-state index < -0.39 is 0 Å². The Morgan fingerprint density at radius 3 is 2.45 bits per heavy atom. The van der Waals surface area contributed by atoms with Gasteiger partial charge in [0.2, 0.25) is 0 Å². The van der Waals surface area contributed by atoms with Gasteiger partial charge in [0.25, 0.3) is 0 Å². The van der Waals surface area contributed by atoms with Gasteiger partial charge < -0.3 is 9.88 Å². The molecule has 2 rings (SSSR count). The minimum Gasteiger partial charge on any atom is -0.378 e. The Morgan fingerprint density at radius 2 is 1.91 bits per heavy atom. The average Bonchev–Trinajstić information content (AvgIpc) is 2.75. The Kier molecular flexibility index (Phi) is 4.97. The fraction of sp³-hybridized carbons (Fsp3) is 0.389. The van der Waals surface area contributed by atoms with Gasteiger partial charge in [-0.25, -0.2) is 0 Å². The van der Waals surface area contributed by atoms with Gasteiger partial charge in [-0.1, -0.05) is 17.7 Å². The summed E-state index contributed by atoms with van der Waals surface area (Å²) < 4.78 is 2.19. The summed E-state index contributed by atoms with van der Waals surface area (Å²) in [6.07, 6.45) is 0. The van der Waals surface area contributed by atoms with Gasteiger partial charge in [-0.2, -0.15) is 0 Å². The quantitative estimate of drug-likeness (QED) is 0.792. The molecule has 0 aliphatic heterocycles. The first-order chi connectivity index (χ1) is 10.3. The fourth-order valence-corrected chi connectivity index (χ4v) is 3.01. The molecule has 0 atom stereocenters. The van der Waals surface area contributed by atoms with Crippen LogP contribution < -0.4 is 5.32 Å². The van der Waals surface area contributed by atoms with Crippen LogP contribution in [0.15, 0.2) is 24.3 Å². The third-order valence-electron chi connectivity index (χ3n) is 3.93. The van der Waals surface area contributed by atoms with Gasteiger partial charge in [0.1, 0.15) is 0 Å². The number of aryl methyl sites for hydroxylation is 2. The summed E-state index contributed by atoms with van der Waals surface area (Å²) in [7, 11) is 0. The zero-order valence-corrected chi connectivity index (χ0v) is 14.6. The molecule has 0 saturated carbocycles. The van der Waals surface area contributed by atoms with Crippen LogP contribution in [0.5, 0.6) is 0 Å². The van der Waals surface area contributed by atoms with E-state index in [-0.39, 0.29) is 12.3 Å². The lowest BCUT2D eigenvalue weighted by Gasteiger charge is -2.13. The van der Waals surface area contributed by atoms with Gasteiger partial charge in [0, 0.05) is 33.7 Å². The number of aromatic nitrogens is 1. The van der Waals surface area contributed by atoms with Gasteiger partial charge in [-0.15, -0.1) is 0 Å². The molecule has 1 heterocycles. The zero-order valence-electron chi connectivity index (χ0n) is 13.8. The highest BCUT2D eigenvalue weighted by Gasteiger charge is 2.16. The topological polar surface area (TPSA) is 34.0 Å². The van der Waals surface area contributed by atoms with E-state index in [2.05, 4.69) is 23.7 Å². The molecule has 0 fully saturated rings. The van der Waals surface area contributed by atoms with Crippen LogP contribution in [0.4, 0.5) is 5.69 Å². The summed E-state index contributed by atoms with van der Waals surface area (Å²) in [5.41, 5.74) is 4.83. The van der Waals surface area contributed by atoms with E-state index in [4.69, 9.17) is 11.6 Å². The smallest absolute Gasteiger partial charge is 0.183 e. The third-order valence-corrected chi connectivity index (χ3v) is 4.33. The number of anilines is 1. The molecule has 0 bridgehead atoms. The largest absolute Gasteiger partial charge is 0.378 e. The number of halogens is 1. The van der Waals surface area contributed by atoms with Crippen molar-refractivity contribution in [1.29, 1.82) is 0 Å². The van der Waals surface area contributed by atoms with Crippen molar-refractivity contribution in [2.45, 2.75) is 40.7 Å². The van der Waals surface area contributed by atoms with Crippen LogP contribution in [0.25, 0.3) is 0 Å². The summed E-state index contributed by atoms with van der Waals surface area (Å²) in [6.45, 7) is 10.5. The van der Waals surface area contributed by atoms with Crippen molar-refractivity contribution < 1.29 is 4.79 Å². The Balaban J connectivity index is 2.13. The van der Waals surface area contributed by atoms with E-state index in [1.165, 1.54) is 0 Å². The molecule has 0 radical (unpaired) electrons. The summed E-state index contributed by atoms with van der Waals surface area (Å²) in [6, 6.07) is 8.06. The first-order valence-corrected chi connectivity index (χ1v) is 7.90. The monoisotopic (exact) mass is 318 g/mol. The maximum atomic E-state index is 12.5. The van der Waals surface area contributed by atoms with E-state index in [0.717, 1.165) is 28.2 Å². The molecule has 1 N–H and O–H groups in total. The van der Waals surface area contributed by atoms with Gasteiger partial charge in [-0.05, 0) is 58.4 Å². The minimum absolute atomic E-state index is 0.0942. The van der Waals surface area contributed by atoms with Crippen LogP contribution >= 0.6 is 11.6 Å². The summed E-state index contributed by atoms with van der Waals surface area (Å²) >= 11 is 6.10. The van der Waals surface area contributed by atoms with Gasteiger partial charge in [-0.3, -0.25) is 4.79 Å². The maximum absolute atomic E-state index is 12.5. The third kappa shape index (κ3) is 3.36. The molecule has 0 spiro atoms. The van der Waals surface area contributed by atoms with Crippen molar-refractivity contribution in [3.05, 3.63) is 51.8 Å². The first kappa shape index (κ1) is 16.6. The Hall–Kier alpha value is -1.74. The van der Waals surface area contributed by atoms with E-state index in [9.17, 15) is 4.79 Å². The Morgan fingerprint density at radius 1 is 1.23 bits per heavy atom. The minimum atomic E-state index is 0.0942. The molecule has 3 nitrogen and oxygen atoms in total. The Labute approximate surface area is 137 Å². The normalized spacial score (nSPS) is 11.0.